The summed E-state index contributed by atoms with van der Waals surface area (Å²) in [4.78, 5) is 6.17. The van der Waals surface area contributed by atoms with Crippen LogP contribution in [-0.4, -0.2) is 34.0 Å². The molecule has 0 unspecified atom stereocenters. The van der Waals surface area contributed by atoms with Crippen molar-refractivity contribution in [3.05, 3.63) is 54.0 Å². The predicted octanol–water partition coefficient (Wildman–Crippen LogP) is 3.63. The van der Waals surface area contributed by atoms with Crippen LogP contribution in [0.1, 0.15) is 24.8 Å². The fourth-order valence-corrected chi connectivity index (χ4v) is 2.67. The van der Waals surface area contributed by atoms with Gasteiger partial charge in [0.1, 0.15) is 0 Å². The van der Waals surface area contributed by atoms with Gasteiger partial charge in [0.15, 0.2) is 17.4 Å². The summed E-state index contributed by atoms with van der Waals surface area (Å²) in [5.41, 5.74) is 0.542. The first-order chi connectivity index (χ1) is 11.3. The summed E-state index contributed by atoms with van der Waals surface area (Å²) in [5.74, 6) is 0.244. The lowest BCUT2D eigenvalue weighted by atomic mass is 10.1. The second-order valence-corrected chi connectivity index (χ2v) is 5.36. The van der Waals surface area contributed by atoms with Crippen molar-refractivity contribution in [2.75, 3.05) is 13.1 Å². The van der Waals surface area contributed by atoms with Gasteiger partial charge in [0.05, 0.1) is 5.56 Å². The normalized spacial score (nSPS) is 15.5. The number of pyridine rings is 1. The number of hydrogen-bond acceptors (Lipinski definition) is 4. The van der Waals surface area contributed by atoms with E-state index in [-0.39, 0.29) is 11.6 Å². The Balaban J connectivity index is 1.92. The van der Waals surface area contributed by atoms with E-state index < -0.39 is 5.82 Å². The maximum absolute atomic E-state index is 13.8. The first kappa shape index (κ1) is 15.3. The van der Waals surface area contributed by atoms with E-state index in [1.54, 1.807) is 30.5 Å². The maximum atomic E-state index is 13.8. The molecule has 1 saturated heterocycles. The highest BCUT2D eigenvalue weighted by Gasteiger charge is 2.21. The Bertz CT molecular complexity index is 700. The van der Waals surface area contributed by atoms with Crippen LogP contribution in [-0.2, 0) is 0 Å². The fourth-order valence-electron chi connectivity index (χ4n) is 2.67. The highest BCUT2D eigenvalue weighted by Crippen LogP contribution is 2.27. The lowest BCUT2D eigenvalue weighted by Crippen LogP contribution is -2.36. The highest BCUT2D eigenvalue weighted by atomic mass is 19.1. The van der Waals surface area contributed by atoms with E-state index in [1.165, 1.54) is 18.6 Å². The van der Waals surface area contributed by atoms with Gasteiger partial charge in [0.2, 0.25) is 5.88 Å². The molecule has 0 aliphatic carbocycles. The second-order valence-electron chi connectivity index (χ2n) is 5.36. The molecule has 0 saturated carbocycles. The molecule has 2 aromatic rings. The minimum atomic E-state index is -0.468. The summed E-state index contributed by atoms with van der Waals surface area (Å²) in [6.45, 7) is 1.63. The van der Waals surface area contributed by atoms with E-state index in [0.29, 0.717) is 11.4 Å². The van der Waals surface area contributed by atoms with Crippen LogP contribution in [0.25, 0.3) is 0 Å². The Hall–Kier alpha value is -2.63. The SMILES string of the molecule is O/N=C(/c1cccnc1Oc1ccccc1F)N1CCCCC1. The quantitative estimate of drug-likeness (QED) is 0.407. The molecule has 1 aliphatic rings. The molecule has 0 amide bonds. The summed E-state index contributed by atoms with van der Waals surface area (Å²) in [6.07, 6.45) is 4.82. The molecule has 0 spiro atoms. The summed E-state index contributed by atoms with van der Waals surface area (Å²) in [6, 6.07) is 9.63. The third-order valence-corrected chi connectivity index (χ3v) is 3.81. The zero-order chi connectivity index (χ0) is 16.1. The molecule has 1 aromatic heterocycles. The highest BCUT2D eigenvalue weighted by molar-refractivity contribution is 6.00. The number of nitrogens with zero attached hydrogens (tertiary/aromatic N) is 3. The minimum absolute atomic E-state index is 0.0865. The van der Waals surface area contributed by atoms with Crippen LogP contribution in [0.15, 0.2) is 47.8 Å². The van der Waals surface area contributed by atoms with Crippen molar-refractivity contribution in [1.82, 2.24) is 9.88 Å². The number of hydrogen-bond donors (Lipinski definition) is 1. The van der Waals surface area contributed by atoms with E-state index in [4.69, 9.17) is 4.74 Å². The third kappa shape index (κ3) is 3.41. The zero-order valence-corrected chi connectivity index (χ0v) is 12.7. The Morgan fingerprint density at radius 1 is 1.13 bits per heavy atom. The number of rotatable bonds is 3. The van der Waals surface area contributed by atoms with Crippen LogP contribution in [0, 0.1) is 5.82 Å². The van der Waals surface area contributed by atoms with E-state index >= 15 is 0 Å². The van der Waals surface area contributed by atoms with Crippen molar-refractivity contribution in [1.29, 1.82) is 0 Å². The van der Waals surface area contributed by atoms with Gasteiger partial charge in [0.25, 0.3) is 0 Å². The van der Waals surface area contributed by atoms with Gasteiger partial charge in [-0.1, -0.05) is 17.3 Å². The topological polar surface area (TPSA) is 58.0 Å². The number of benzene rings is 1. The first-order valence-corrected chi connectivity index (χ1v) is 7.64. The van der Waals surface area contributed by atoms with Crippen LogP contribution in [0.4, 0.5) is 4.39 Å². The molecule has 5 nitrogen and oxygen atoms in total. The van der Waals surface area contributed by atoms with Crippen molar-refractivity contribution in [2.45, 2.75) is 19.3 Å². The Kier molecular flexibility index (Phi) is 4.71. The van der Waals surface area contributed by atoms with Crippen molar-refractivity contribution >= 4 is 5.84 Å². The maximum Gasteiger partial charge on any atom is 0.230 e. The number of amidine groups is 1. The second kappa shape index (κ2) is 7.09. The van der Waals surface area contributed by atoms with Crippen LogP contribution >= 0.6 is 0 Å². The molecule has 1 aromatic carbocycles. The molecule has 0 atom stereocenters. The van der Waals surface area contributed by atoms with Crippen molar-refractivity contribution in [3.8, 4) is 11.6 Å². The Labute approximate surface area is 134 Å². The Morgan fingerprint density at radius 2 is 1.91 bits per heavy atom. The number of para-hydroxylation sites is 1. The molecular weight excluding hydrogens is 297 g/mol. The molecule has 1 N–H and O–H groups in total. The first-order valence-electron chi connectivity index (χ1n) is 7.64. The summed E-state index contributed by atoms with van der Waals surface area (Å²) in [5, 5.41) is 12.9. The number of oxime groups is 1. The average molecular weight is 315 g/mol. The van der Waals surface area contributed by atoms with E-state index in [1.807, 2.05) is 4.90 Å². The van der Waals surface area contributed by atoms with Gasteiger partial charge in [-0.3, -0.25) is 0 Å². The summed E-state index contributed by atoms with van der Waals surface area (Å²) < 4.78 is 19.4. The molecule has 3 rings (SSSR count). The van der Waals surface area contributed by atoms with Gasteiger partial charge in [-0.2, -0.15) is 0 Å². The van der Waals surface area contributed by atoms with Gasteiger partial charge in [-0.25, -0.2) is 9.37 Å². The molecule has 120 valence electrons. The van der Waals surface area contributed by atoms with Crippen molar-refractivity contribution in [2.24, 2.45) is 5.16 Å². The molecular formula is C17H18FN3O2. The van der Waals surface area contributed by atoms with Gasteiger partial charge >= 0.3 is 0 Å². The number of likely N-dealkylation sites (tertiary alicyclic amines) is 1. The lowest BCUT2D eigenvalue weighted by molar-refractivity contribution is 0.285. The van der Waals surface area contributed by atoms with E-state index in [2.05, 4.69) is 10.1 Å². The van der Waals surface area contributed by atoms with Crippen LogP contribution in [0.3, 0.4) is 0 Å². The van der Waals surface area contributed by atoms with Gasteiger partial charge in [-0.05, 0) is 43.5 Å². The molecule has 1 aliphatic heterocycles. The number of halogens is 1. The zero-order valence-electron chi connectivity index (χ0n) is 12.7. The predicted molar refractivity (Wildman–Crippen MR) is 84.5 cm³/mol. The Morgan fingerprint density at radius 3 is 2.65 bits per heavy atom. The van der Waals surface area contributed by atoms with Crippen molar-refractivity contribution < 1.29 is 14.3 Å². The molecule has 0 radical (unpaired) electrons. The molecule has 1 fully saturated rings. The van der Waals surface area contributed by atoms with Crippen LogP contribution < -0.4 is 4.74 Å². The largest absolute Gasteiger partial charge is 0.435 e. The fraction of sp³-hybridized carbons (Fsp3) is 0.294. The van der Waals surface area contributed by atoms with Gasteiger partial charge in [-0.15, -0.1) is 0 Å². The smallest absolute Gasteiger partial charge is 0.230 e. The minimum Gasteiger partial charge on any atom is -0.435 e. The molecule has 23 heavy (non-hydrogen) atoms. The number of ether oxygens (including phenoxy) is 1. The molecule has 2 heterocycles. The molecule has 0 bridgehead atoms. The van der Waals surface area contributed by atoms with Gasteiger partial charge in [0, 0.05) is 19.3 Å². The standard InChI is InChI=1S/C17H18FN3O2/c18-14-8-2-3-9-15(14)23-17-13(7-6-10-19-17)16(20-22)21-11-4-1-5-12-21/h2-3,6-10,22H,1,4-5,11-12H2/b20-16-. The van der Waals surface area contributed by atoms with E-state index in [9.17, 15) is 9.60 Å². The average Bonchev–Trinajstić information content (AvgIpc) is 2.60. The third-order valence-electron chi connectivity index (χ3n) is 3.81. The van der Waals surface area contributed by atoms with Crippen LogP contribution in [0.2, 0.25) is 0 Å². The summed E-state index contributed by atoms with van der Waals surface area (Å²) >= 11 is 0. The molecule has 6 heteroatoms. The van der Waals surface area contributed by atoms with E-state index in [0.717, 1.165) is 25.9 Å². The summed E-state index contributed by atoms with van der Waals surface area (Å²) in [7, 11) is 0. The van der Waals surface area contributed by atoms with Crippen molar-refractivity contribution in [3.63, 3.8) is 0 Å². The van der Waals surface area contributed by atoms with Gasteiger partial charge < -0.3 is 14.8 Å². The number of aromatic nitrogens is 1. The lowest BCUT2D eigenvalue weighted by Gasteiger charge is -2.29. The monoisotopic (exact) mass is 315 g/mol. The number of piperidine rings is 1. The van der Waals surface area contributed by atoms with Crippen LogP contribution in [0.5, 0.6) is 11.6 Å².